The third-order valence-electron chi connectivity index (χ3n) is 2.15. The Bertz CT molecular complexity index is 438. The molecule has 1 amide bonds. The van der Waals surface area contributed by atoms with Crippen LogP contribution in [0.2, 0.25) is 5.02 Å². The lowest BCUT2D eigenvalue weighted by atomic mass is 10.2. The zero-order chi connectivity index (χ0) is 12.3. The first kappa shape index (κ1) is 12.6. The van der Waals surface area contributed by atoms with E-state index in [-0.39, 0.29) is 10.7 Å². The van der Waals surface area contributed by atoms with E-state index in [1.54, 1.807) is 0 Å². The fraction of sp³-hybridized carbons (Fsp3) is 0.200. The lowest BCUT2D eigenvalue weighted by molar-refractivity contribution is -0.139. The minimum atomic E-state index is -1.20. The fourth-order valence-corrected chi connectivity index (χ4v) is 1.50. The monoisotopic (exact) mass is 246 g/mol. The number of aliphatic carboxylic acids is 1. The maximum absolute atomic E-state index is 13.5. The van der Waals surface area contributed by atoms with Crippen LogP contribution >= 0.6 is 11.6 Å². The number of hydrogen-bond donors (Lipinski definition) is 1. The van der Waals surface area contributed by atoms with E-state index in [1.165, 1.54) is 19.2 Å². The first-order chi connectivity index (χ1) is 7.39. The van der Waals surface area contributed by atoms with Gasteiger partial charge in [0.25, 0.3) is 0 Å². The number of amides is 1. The molecule has 1 N–H and O–H groups in total. The van der Waals surface area contributed by atoms with Gasteiger partial charge >= 0.3 is 12.4 Å². The highest BCUT2D eigenvalue weighted by molar-refractivity contribution is 6.30. The molecule has 0 heterocycles. The van der Waals surface area contributed by atoms with Crippen LogP contribution in [0, 0.1) is 5.82 Å². The molecule has 16 heavy (non-hydrogen) atoms. The molecule has 0 saturated heterocycles. The molecule has 1 aromatic carbocycles. The van der Waals surface area contributed by atoms with Gasteiger partial charge in [-0.2, -0.15) is 0 Å². The number of rotatable bonds is 4. The Hall–Kier alpha value is -1.46. The fourth-order valence-electron chi connectivity index (χ4n) is 1.34. The summed E-state index contributed by atoms with van der Waals surface area (Å²) in [5.74, 6) is -1.87. The smallest absolute Gasteiger partial charge is 0.360 e. The van der Waals surface area contributed by atoms with E-state index >= 15 is 0 Å². The second-order valence-electron chi connectivity index (χ2n) is 3.52. The molecule has 0 radical (unpaired) electrons. The maximum Gasteiger partial charge on any atom is 0.360 e. The van der Waals surface area contributed by atoms with Crippen LogP contribution < -0.4 is 4.48 Å². The van der Waals surface area contributed by atoms with Crippen LogP contribution in [0.25, 0.3) is 0 Å². The largest absolute Gasteiger partial charge is 0.477 e. The van der Waals surface area contributed by atoms with Crippen molar-refractivity contribution >= 4 is 29.7 Å². The molecule has 1 atom stereocenters. The third-order valence-corrected chi connectivity index (χ3v) is 2.39. The van der Waals surface area contributed by atoms with Crippen LogP contribution in [0.1, 0.15) is 0 Å². The van der Waals surface area contributed by atoms with Gasteiger partial charge in [0, 0.05) is 11.1 Å². The molecule has 86 valence electrons. The van der Waals surface area contributed by atoms with Crippen LogP contribution in [0.5, 0.6) is 0 Å². The number of hydrogen-bond acceptors (Lipinski definition) is 2. The summed E-state index contributed by atoms with van der Waals surface area (Å²) in [6.45, 7) is -0.541. The summed E-state index contributed by atoms with van der Waals surface area (Å²) in [7, 11) is 1.30. The van der Waals surface area contributed by atoms with Gasteiger partial charge in [-0.05, 0) is 12.1 Å². The highest BCUT2D eigenvalue weighted by Gasteiger charge is 2.31. The van der Waals surface area contributed by atoms with Crippen molar-refractivity contribution in [3.05, 3.63) is 29.0 Å². The summed E-state index contributed by atoms with van der Waals surface area (Å²) in [5, 5.41) is 8.92. The zero-order valence-corrected chi connectivity index (χ0v) is 9.24. The van der Waals surface area contributed by atoms with E-state index in [4.69, 9.17) is 16.7 Å². The van der Waals surface area contributed by atoms with E-state index in [9.17, 15) is 14.0 Å². The molecular weight excluding hydrogens is 237 g/mol. The molecule has 1 unspecified atom stereocenters. The predicted molar refractivity (Wildman–Crippen MR) is 57.7 cm³/mol. The summed E-state index contributed by atoms with van der Waals surface area (Å²) < 4.78 is 12.8. The first-order valence-corrected chi connectivity index (χ1v) is 4.76. The van der Waals surface area contributed by atoms with Crippen LogP contribution in [-0.4, -0.2) is 31.1 Å². The Morgan fingerprint density at radius 3 is 2.75 bits per heavy atom. The van der Waals surface area contributed by atoms with Crippen molar-refractivity contribution in [1.82, 2.24) is 4.48 Å². The molecule has 0 aromatic heterocycles. The normalized spacial score (nSPS) is 14.2. The number of carboxylic acids is 1. The molecule has 0 aliphatic rings. The van der Waals surface area contributed by atoms with Gasteiger partial charge in [0.05, 0.1) is 7.05 Å². The molecule has 4 nitrogen and oxygen atoms in total. The topological polar surface area (TPSA) is 54.4 Å². The third kappa shape index (κ3) is 2.56. The second kappa shape index (κ2) is 4.59. The van der Waals surface area contributed by atoms with Gasteiger partial charge in [-0.15, -0.1) is 0 Å². The molecule has 1 aromatic rings. The molecule has 0 aliphatic carbocycles. The van der Waals surface area contributed by atoms with E-state index in [0.29, 0.717) is 6.41 Å². The number of halogens is 2. The SMILES string of the molecule is C[N+](C=O)(CC(=O)O)c1cc(Cl)ccc1F. The number of carbonyl (C=O) groups excluding carboxylic acids is 1. The Kier molecular flexibility index (Phi) is 3.62. The molecule has 6 heteroatoms. The van der Waals surface area contributed by atoms with Crippen molar-refractivity contribution in [2.75, 3.05) is 13.6 Å². The molecule has 0 saturated carbocycles. The lowest BCUT2D eigenvalue weighted by Gasteiger charge is -2.24. The van der Waals surface area contributed by atoms with Crippen molar-refractivity contribution in [1.29, 1.82) is 0 Å². The summed E-state index contributed by atoms with van der Waals surface area (Å²) in [4.78, 5) is 21.5. The van der Waals surface area contributed by atoms with Crippen LogP contribution in [-0.2, 0) is 9.59 Å². The van der Waals surface area contributed by atoms with Gasteiger partial charge in [-0.3, -0.25) is 0 Å². The molecule has 0 fully saturated rings. The molecular formula is C10H10ClFNO3+. The van der Waals surface area contributed by atoms with Gasteiger partial charge in [0.15, 0.2) is 18.0 Å². The molecule has 1 rings (SSSR count). The summed E-state index contributed by atoms with van der Waals surface area (Å²) in [5.41, 5.74) is -0.0649. The Balaban J connectivity index is 3.26. The van der Waals surface area contributed by atoms with Gasteiger partial charge < -0.3 is 5.11 Å². The summed E-state index contributed by atoms with van der Waals surface area (Å²) in [6, 6.07) is 3.67. The zero-order valence-electron chi connectivity index (χ0n) is 8.48. The number of nitrogens with zero attached hydrogens (tertiary/aromatic N) is 1. The molecule has 0 bridgehead atoms. The average Bonchev–Trinajstić information content (AvgIpc) is 2.20. The van der Waals surface area contributed by atoms with Crippen LogP contribution in [0.15, 0.2) is 18.2 Å². The number of quaternary nitrogens is 1. The minimum Gasteiger partial charge on any atom is -0.477 e. The summed E-state index contributed by atoms with van der Waals surface area (Å²) in [6.07, 6.45) is 0.364. The standard InChI is InChI=1S/C10H9ClFNO3/c1-13(6-14,5-10(15)16)9-4-7(11)2-3-8(9)12/h2-4,6H,5H2,1H3/p+1. The van der Waals surface area contributed by atoms with Crippen molar-refractivity contribution < 1.29 is 19.1 Å². The Morgan fingerprint density at radius 1 is 1.62 bits per heavy atom. The van der Waals surface area contributed by atoms with Gasteiger partial charge in [-0.1, -0.05) is 11.6 Å². The number of benzene rings is 1. The maximum atomic E-state index is 13.5. The van der Waals surface area contributed by atoms with Crippen LogP contribution in [0.4, 0.5) is 10.1 Å². The molecule has 0 spiro atoms. The van der Waals surface area contributed by atoms with Gasteiger partial charge in [-0.25, -0.2) is 18.5 Å². The second-order valence-corrected chi connectivity index (χ2v) is 3.96. The molecule has 0 aliphatic heterocycles. The van der Waals surface area contributed by atoms with Crippen molar-refractivity contribution in [2.24, 2.45) is 0 Å². The first-order valence-electron chi connectivity index (χ1n) is 4.38. The lowest BCUT2D eigenvalue weighted by Crippen LogP contribution is -2.48. The highest BCUT2D eigenvalue weighted by Crippen LogP contribution is 2.26. The Labute approximate surface area is 96.4 Å². The number of carboxylic acid groups (broad SMARTS) is 1. The van der Waals surface area contributed by atoms with Crippen molar-refractivity contribution in [2.45, 2.75) is 0 Å². The Morgan fingerprint density at radius 2 is 2.25 bits per heavy atom. The quantitative estimate of drug-likeness (QED) is 0.649. The highest BCUT2D eigenvalue weighted by atomic mass is 35.5. The number of likely N-dealkylation sites (N-methyl/N-ethyl adjacent to an activating group) is 1. The van der Waals surface area contributed by atoms with Crippen molar-refractivity contribution in [3.8, 4) is 0 Å². The summed E-state index contributed by atoms with van der Waals surface area (Å²) >= 11 is 5.68. The van der Waals surface area contributed by atoms with Crippen molar-refractivity contribution in [3.63, 3.8) is 0 Å². The predicted octanol–water partition coefficient (Wildman–Crippen LogP) is 1.66. The average molecular weight is 247 g/mol. The van der Waals surface area contributed by atoms with E-state index in [1.807, 2.05) is 0 Å². The van der Waals surface area contributed by atoms with Crippen LogP contribution in [0.3, 0.4) is 0 Å². The van der Waals surface area contributed by atoms with E-state index in [0.717, 1.165) is 6.07 Å². The van der Waals surface area contributed by atoms with Gasteiger partial charge in [0.2, 0.25) is 0 Å². The number of carbonyl (C=O) groups is 2. The van der Waals surface area contributed by atoms with Gasteiger partial charge in [0.1, 0.15) is 0 Å². The minimum absolute atomic E-state index is 0.0649. The van der Waals surface area contributed by atoms with E-state index in [2.05, 4.69) is 0 Å². The van der Waals surface area contributed by atoms with E-state index < -0.39 is 22.8 Å².